The van der Waals surface area contributed by atoms with E-state index in [1.807, 2.05) is 27.7 Å². The minimum atomic E-state index is -0.986. The second-order valence-electron chi connectivity index (χ2n) is 9.33. The lowest BCUT2D eigenvalue weighted by Crippen LogP contribution is -2.57. The molecule has 1 aliphatic carbocycles. The van der Waals surface area contributed by atoms with Crippen molar-refractivity contribution in [3.63, 3.8) is 0 Å². The zero-order valence-electron chi connectivity index (χ0n) is 19.0. The molecule has 0 aromatic rings. The average Bonchev–Trinajstić information content (AvgIpc) is 2.68. The lowest BCUT2D eigenvalue weighted by Gasteiger charge is -2.36. The molecule has 0 bridgehead atoms. The van der Waals surface area contributed by atoms with Crippen LogP contribution in [0.4, 0.5) is 9.59 Å². The molecule has 1 saturated heterocycles. The smallest absolute Gasteiger partial charge is 0.410 e. The van der Waals surface area contributed by atoms with Crippen LogP contribution in [0.2, 0.25) is 0 Å². The van der Waals surface area contributed by atoms with Crippen LogP contribution in [-0.4, -0.2) is 60.0 Å². The summed E-state index contributed by atoms with van der Waals surface area (Å²) >= 11 is 0. The number of amides is 2. The van der Waals surface area contributed by atoms with Crippen molar-refractivity contribution in [3.8, 4) is 0 Å². The number of unbranched alkanes of at least 4 members (excludes halogenated alkanes) is 1. The lowest BCUT2D eigenvalue weighted by molar-refractivity contribution is -0.153. The fourth-order valence-corrected chi connectivity index (χ4v) is 3.84. The predicted octanol–water partition coefficient (Wildman–Crippen LogP) is 4.16. The highest BCUT2D eigenvalue weighted by atomic mass is 16.6. The quantitative estimate of drug-likeness (QED) is 0.389. The Bertz CT molecular complexity index is 587. The van der Waals surface area contributed by atoms with Crippen molar-refractivity contribution in [3.05, 3.63) is 0 Å². The van der Waals surface area contributed by atoms with Gasteiger partial charge in [0.25, 0.3) is 0 Å². The minimum Gasteiger partial charge on any atom is -0.464 e. The third kappa shape index (κ3) is 7.36. The van der Waals surface area contributed by atoms with Crippen LogP contribution in [0.5, 0.6) is 0 Å². The van der Waals surface area contributed by atoms with Gasteiger partial charge in [0.1, 0.15) is 17.2 Å². The summed E-state index contributed by atoms with van der Waals surface area (Å²) in [5.41, 5.74) is -1.52. The first-order chi connectivity index (χ1) is 14.1. The third-order valence-electron chi connectivity index (χ3n) is 5.54. The van der Waals surface area contributed by atoms with Gasteiger partial charge in [-0.25, -0.2) is 14.4 Å². The Hall–Kier alpha value is -1.99. The molecule has 8 heteroatoms. The van der Waals surface area contributed by atoms with E-state index >= 15 is 0 Å². The fourth-order valence-electron chi connectivity index (χ4n) is 3.84. The number of esters is 1. The summed E-state index contributed by atoms with van der Waals surface area (Å²) in [6, 6.07) is 0. The van der Waals surface area contributed by atoms with Gasteiger partial charge in [-0.05, 0) is 40.0 Å². The van der Waals surface area contributed by atoms with E-state index in [1.165, 1.54) is 0 Å². The number of ether oxygens (including phenoxy) is 3. The SMILES string of the molecule is CCCCOC(=O)C1(NC(=O)OC2CCN(C(=O)OC(C)(C)C)CC2)CCCCC1. The van der Waals surface area contributed by atoms with Gasteiger partial charge in [0.2, 0.25) is 0 Å². The number of nitrogens with zero attached hydrogens (tertiary/aromatic N) is 1. The number of likely N-dealkylation sites (tertiary alicyclic amines) is 1. The second-order valence-corrected chi connectivity index (χ2v) is 9.33. The summed E-state index contributed by atoms with van der Waals surface area (Å²) in [4.78, 5) is 39.1. The van der Waals surface area contributed by atoms with Gasteiger partial charge in [-0.2, -0.15) is 0 Å². The van der Waals surface area contributed by atoms with Gasteiger partial charge < -0.3 is 24.4 Å². The number of alkyl carbamates (subject to hydrolysis) is 1. The molecule has 1 aliphatic heterocycles. The van der Waals surface area contributed by atoms with E-state index in [4.69, 9.17) is 14.2 Å². The molecule has 0 spiro atoms. The van der Waals surface area contributed by atoms with Crippen molar-refractivity contribution in [1.82, 2.24) is 10.2 Å². The molecular weight excluding hydrogens is 388 g/mol. The number of piperidine rings is 1. The number of rotatable bonds is 6. The highest BCUT2D eigenvalue weighted by Gasteiger charge is 2.43. The van der Waals surface area contributed by atoms with Crippen molar-refractivity contribution < 1.29 is 28.6 Å². The van der Waals surface area contributed by atoms with Gasteiger partial charge >= 0.3 is 18.2 Å². The molecule has 0 aromatic heterocycles. The van der Waals surface area contributed by atoms with Gasteiger partial charge in [0.05, 0.1) is 6.61 Å². The topological polar surface area (TPSA) is 94.2 Å². The van der Waals surface area contributed by atoms with Gasteiger partial charge in [-0.1, -0.05) is 32.6 Å². The number of carbonyl (C=O) groups is 3. The van der Waals surface area contributed by atoms with E-state index < -0.39 is 17.2 Å². The second kappa shape index (κ2) is 10.9. The first-order valence-electron chi connectivity index (χ1n) is 11.3. The van der Waals surface area contributed by atoms with Crippen LogP contribution in [0, 0.1) is 0 Å². The van der Waals surface area contributed by atoms with Crippen molar-refractivity contribution in [2.75, 3.05) is 19.7 Å². The predicted molar refractivity (Wildman–Crippen MR) is 112 cm³/mol. The number of hydrogen-bond donors (Lipinski definition) is 1. The Labute approximate surface area is 180 Å². The Morgan fingerprint density at radius 3 is 2.27 bits per heavy atom. The van der Waals surface area contributed by atoms with Crippen molar-refractivity contribution in [2.24, 2.45) is 0 Å². The molecule has 2 aliphatic rings. The zero-order valence-corrected chi connectivity index (χ0v) is 19.0. The van der Waals surface area contributed by atoms with Gasteiger partial charge in [-0.3, -0.25) is 0 Å². The van der Waals surface area contributed by atoms with Gasteiger partial charge in [0.15, 0.2) is 0 Å². The van der Waals surface area contributed by atoms with Crippen LogP contribution < -0.4 is 5.32 Å². The van der Waals surface area contributed by atoms with Crippen LogP contribution >= 0.6 is 0 Å². The van der Waals surface area contributed by atoms with Crippen LogP contribution in [-0.2, 0) is 19.0 Å². The molecule has 2 fully saturated rings. The van der Waals surface area contributed by atoms with Gasteiger partial charge in [0, 0.05) is 25.9 Å². The first kappa shape index (κ1) is 24.3. The Kier molecular flexibility index (Phi) is 8.79. The highest BCUT2D eigenvalue weighted by molar-refractivity contribution is 5.86. The van der Waals surface area contributed by atoms with Crippen LogP contribution in [0.1, 0.15) is 85.5 Å². The molecular formula is C22H38N2O6. The monoisotopic (exact) mass is 426 g/mol. The van der Waals surface area contributed by atoms with Crippen LogP contribution in [0.3, 0.4) is 0 Å². The summed E-state index contributed by atoms with van der Waals surface area (Å²) in [7, 11) is 0. The number of hydrogen-bond acceptors (Lipinski definition) is 6. The zero-order chi connectivity index (χ0) is 22.2. The summed E-state index contributed by atoms with van der Waals surface area (Å²) in [6.45, 7) is 8.84. The van der Waals surface area contributed by atoms with E-state index in [-0.39, 0.29) is 18.2 Å². The average molecular weight is 427 g/mol. The molecule has 8 nitrogen and oxygen atoms in total. The normalized spacial score (nSPS) is 19.7. The van der Waals surface area contributed by atoms with Crippen LogP contribution in [0.15, 0.2) is 0 Å². The summed E-state index contributed by atoms with van der Waals surface area (Å²) in [5, 5.41) is 2.83. The summed E-state index contributed by atoms with van der Waals surface area (Å²) in [5.74, 6) is -0.354. The molecule has 1 heterocycles. The van der Waals surface area contributed by atoms with Crippen molar-refractivity contribution >= 4 is 18.2 Å². The molecule has 2 rings (SSSR count). The first-order valence-corrected chi connectivity index (χ1v) is 11.3. The van der Waals surface area contributed by atoms with E-state index in [2.05, 4.69) is 5.32 Å². The largest absolute Gasteiger partial charge is 0.464 e. The standard InChI is InChI=1S/C22H38N2O6/c1-5-6-16-28-18(25)22(12-8-7-9-13-22)23-19(26)29-17-10-14-24(15-11-17)20(27)30-21(2,3)4/h17H,5-16H2,1-4H3,(H,23,26). The summed E-state index contributed by atoms with van der Waals surface area (Å²) < 4.78 is 16.4. The maximum atomic E-state index is 12.7. The van der Waals surface area contributed by atoms with E-state index in [9.17, 15) is 14.4 Å². The Balaban J connectivity index is 1.84. The summed E-state index contributed by atoms with van der Waals surface area (Å²) in [6.07, 6.45) is 5.55. The Morgan fingerprint density at radius 2 is 1.70 bits per heavy atom. The lowest BCUT2D eigenvalue weighted by atomic mass is 9.82. The molecule has 0 atom stereocenters. The number of carbonyl (C=O) groups excluding carboxylic acids is 3. The maximum Gasteiger partial charge on any atom is 0.410 e. The molecule has 0 unspecified atom stereocenters. The molecule has 0 radical (unpaired) electrons. The molecule has 2 amide bonds. The van der Waals surface area contributed by atoms with E-state index in [0.717, 1.165) is 32.1 Å². The molecule has 30 heavy (non-hydrogen) atoms. The molecule has 1 N–H and O–H groups in total. The maximum absolute atomic E-state index is 12.7. The third-order valence-corrected chi connectivity index (χ3v) is 5.54. The molecule has 0 aromatic carbocycles. The van der Waals surface area contributed by atoms with E-state index in [0.29, 0.717) is 45.4 Å². The Morgan fingerprint density at radius 1 is 1.07 bits per heavy atom. The van der Waals surface area contributed by atoms with Gasteiger partial charge in [-0.15, -0.1) is 0 Å². The highest BCUT2D eigenvalue weighted by Crippen LogP contribution is 2.30. The number of nitrogens with one attached hydrogen (secondary N) is 1. The van der Waals surface area contributed by atoms with Crippen molar-refractivity contribution in [1.29, 1.82) is 0 Å². The van der Waals surface area contributed by atoms with Crippen molar-refractivity contribution in [2.45, 2.75) is 103 Å². The molecule has 1 saturated carbocycles. The fraction of sp³-hybridized carbons (Fsp3) is 0.864. The molecule has 172 valence electrons. The van der Waals surface area contributed by atoms with Crippen LogP contribution in [0.25, 0.3) is 0 Å². The minimum absolute atomic E-state index is 0.291. The van der Waals surface area contributed by atoms with E-state index in [1.54, 1.807) is 4.90 Å².